The van der Waals surface area contributed by atoms with Crippen LogP contribution in [0.25, 0.3) is 0 Å². The summed E-state index contributed by atoms with van der Waals surface area (Å²) in [5.41, 5.74) is 6.92. The summed E-state index contributed by atoms with van der Waals surface area (Å²) in [6.45, 7) is 1.52. The zero-order valence-electron chi connectivity index (χ0n) is 11.3. The van der Waals surface area contributed by atoms with Crippen molar-refractivity contribution in [2.75, 3.05) is 25.4 Å². The lowest BCUT2D eigenvalue weighted by atomic mass is 10.1. The zero-order chi connectivity index (χ0) is 14.8. The Bertz CT molecular complexity index is 641. The summed E-state index contributed by atoms with van der Waals surface area (Å²) >= 11 is 5.88. The Labute approximate surface area is 126 Å². The van der Waals surface area contributed by atoms with Gasteiger partial charge in [0.05, 0.1) is 13.2 Å². The van der Waals surface area contributed by atoms with Crippen LogP contribution in [0.15, 0.2) is 30.3 Å². The molecule has 3 N–H and O–H groups in total. The monoisotopic (exact) mass is 306 g/mol. The van der Waals surface area contributed by atoms with Gasteiger partial charge in [0, 0.05) is 17.6 Å². The standard InChI is InChI=1S/C14H15ClN4O2/c15-10-3-1-9(2-4-10)12-8-19(5-6-21-12)14(20)11-7-13(16)18-17-11/h1-4,7,12H,5-6,8H2,(H3,16,17,18)/t12-/m0/s1. The molecule has 21 heavy (non-hydrogen) atoms. The van der Waals surface area contributed by atoms with E-state index in [1.807, 2.05) is 24.3 Å². The third-order valence-corrected chi connectivity index (χ3v) is 3.68. The molecule has 110 valence electrons. The van der Waals surface area contributed by atoms with E-state index in [-0.39, 0.29) is 12.0 Å². The molecule has 1 aromatic heterocycles. The Hall–Kier alpha value is -2.05. The van der Waals surface area contributed by atoms with E-state index >= 15 is 0 Å². The highest BCUT2D eigenvalue weighted by atomic mass is 35.5. The highest BCUT2D eigenvalue weighted by Gasteiger charge is 2.27. The number of ether oxygens (including phenoxy) is 1. The van der Waals surface area contributed by atoms with Crippen LogP contribution in [0.4, 0.5) is 5.82 Å². The first kappa shape index (κ1) is 13.9. The molecular weight excluding hydrogens is 292 g/mol. The number of nitrogens with one attached hydrogen (secondary N) is 1. The Kier molecular flexibility index (Phi) is 3.81. The van der Waals surface area contributed by atoms with Gasteiger partial charge in [0.1, 0.15) is 17.6 Å². The maximum atomic E-state index is 12.4. The molecule has 1 atom stereocenters. The minimum absolute atomic E-state index is 0.124. The van der Waals surface area contributed by atoms with Crippen molar-refractivity contribution in [1.29, 1.82) is 0 Å². The number of hydrogen-bond donors (Lipinski definition) is 2. The molecule has 1 aliphatic heterocycles. The molecule has 1 amide bonds. The van der Waals surface area contributed by atoms with Gasteiger partial charge in [0.15, 0.2) is 0 Å². The van der Waals surface area contributed by atoms with Crippen LogP contribution in [-0.4, -0.2) is 40.7 Å². The fourth-order valence-electron chi connectivity index (χ4n) is 2.33. The number of morpholine rings is 1. The molecule has 0 radical (unpaired) electrons. The van der Waals surface area contributed by atoms with Gasteiger partial charge in [-0.3, -0.25) is 9.89 Å². The number of nitrogens with two attached hydrogens (primary N) is 1. The molecule has 1 fully saturated rings. The summed E-state index contributed by atoms with van der Waals surface area (Å²) in [4.78, 5) is 14.1. The van der Waals surface area contributed by atoms with Crippen molar-refractivity contribution in [1.82, 2.24) is 15.1 Å². The van der Waals surface area contributed by atoms with Crippen molar-refractivity contribution in [2.45, 2.75) is 6.10 Å². The van der Waals surface area contributed by atoms with Gasteiger partial charge in [-0.05, 0) is 17.7 Å². The Morgan fingerprint density at radius 1 is 1.43 bits per heavy atom. The van der Waals surface area contributed by atoms with Crippen molar-refractivity contribution in [3.05, 3.63) is 46.6 Å². The average Bonchev–Trinajstić information content (AvgIpc) is 2.94. The number of aromatic nitrogens is 2. The molecule has 1 aliphatic rings. The number of benzene rings is 1. The van der Waals surface area contributed by atoms with Crippen LogP contribution in [-0.2, 0) is 4.74 Å². The van der Waals surface area contributed by atoms with E-state index in [9.17, 15) is 4.79 Å². The summed E-state index contributed by atoms with van der Waals surface area (Å²) < 4.78 is 5.74. The predicted molar refractivity (Wildman–Crippen MR) is 79.0 cm³/mol. The lowest BCUT2D eigenvalue weighted by Gasteiger charge is -2.32. The number of nitrogen functional groups attached to an aromatic ring is 1. The lowest BCUT2D eigenvalue weighted by Crippen LogP contribution is -2.42. The van der Waals surface area contributed by atoms with E-state index in [2.05, 4.69) is 10.2 Å². The van der Waals surface area contributed by atoms with Gasteiger partial charge in [-0.1, -0.05) is 23.7 Å². The fraction of sp³-hybridized carbons (Fsp3) is 0.286. The maximum Gasteiger partial charge on any atom is 0.272 e. The van der Waals surface area contributed by atoms with Gasteiger partial charge >= 0.3 is 0 Å². The Balaban J connectivity index is 1.73. The van der Waals surface area contributed by atoms with Crippen molar-refractivity contribution in [2.24, 2.45) is 0 Å². The summed E-state index contributed by atoms with van der Waals surface area (Å²) in [6.07, 6.45) is -0.153. The zero-order valence-corrected chi connectivity index (χ0v) is 12.0. The van der Waals surface area contributed by atoms with Crippen LogP contribution in [0.3, 0.4) is 0 Å². The first-order valence-electron chi connectivity index (χ1n) is 6.61. The van der Waals surface area contributed by atoms with Gasteiger partial charge in [-0.15, -0.1) is 0 Å². The van der Waals surface area contributed by atoms with Crippen LogP contribution >= 0.6 is 11.6 Å². The number of hydrogen-bond acceptors (Lipinski definition) is 4. The van der Waals surface area contributed by atoms with Gasteiger partial charge in [0.2, 0.25) is 0 Å². The van der Waals surface area contributed by atoms with Gasteiger partial charge < -0.3 is 15.4 Å². The van der Waals surface area contributed by atoms with Crippen LogP contribution in [0.2, 0.25) is 5.02 Å². The first-order chi connectivity index (χ1) is 10.1. The van der Waals surface area contributed by atoms with E-state index in [0.717, 1.165) is 5.56 Å². The SMILES string of the molecule is Nc1cc(C(=O)N2CCO[C@H](c3ccc(Cl)cc3)C2)[nH]n1. The van der Waals surface area contributed by atoms with Crippen LogP contribution in [0.1, 0.15) is 22.2 Å². The largest absolute Gasteiger partial charge is 0.382 e. The average molecular weight is 307 g/mol. The number of H-pyrrole nitrogens is 1. The molecule has 0 saturated carbocycles. The van der Waals surface area contributed by atoms with Crippen molar-refractivity contribution >= 4 is 23.3 Å². The number of carbonyl (C=O) groups is 1. The summed E-state index contributed by atoms with van der Waals surface area (Å²) in [5, 5.41) is 7.10. The minimum Gasteiger partial charge on any atom is -0.382 e. The molecule has 3 rings (SSSR count). The third-order valence-electron chi connectivity index (χ3n) is 3.42. The number of carbonyl (C=O) groups excluding carboxylic acids is 1. The quantitative estimate of drug-likeness (QED) is 0.887. The summed E-state index contributed by atoms with van der Waals surface area (Å²) in [5.74, 6) is 0.183. The summed E-state index contributed by atoms with van der Waals surface area (Å²) in [7, 11) is 0. The van der Waals surface area contributed by atoms with E-state index in [1.54, 1.807) is 4.90 Å². The van der Waals surface area contributed by atoms with Crippen molar-refractivity contribution in [3.8, 4) is 0 Å². The molecule has 0 bridgehead atoms. The fourth-order valence-corrected chi connectivity index (χ4v) is 2.46. The number of amides is 1. The first-order valence-corrected chi connectivity index (χ1v) is 6.98. The predicted octanol–water partition coefficient (Wildman–Crippen LogP) is 1.86. The van der Waals surface area contributed by atoms with Gasteiger partial charge in [0.25, 0.3) is 5.91 Å². The number of aromatic amines is 1. The highest BCUT2D eigenvalue weighted by molar-refractivity contribution is 6.30. The molecule has 2 aromatic rings. The number of nitrogens with zero attached hydrogens (tertiary/aromatic N) is 2. The van der Waals surface area contributed by atoms with Gasteiger partial charge in [-0.25, -0.2) is 0 Å². The van der Waals surface area contributed by atoms with Crippen LogP contribution in [0, 0.1) is 0 Å². The molecule has 1 aromatic carbocycles. The number of halogens is 1. The van der Waals surface area contributed by atoms with E-state index in [4.69, 9.17) is 22.1 Å². The second-order valence-corrected chi connectivity index (χ2v) is 5.31. The Morgan fingerprint density at radius 2 is 2.19 bits per heavy atom. The number of rotatable bonds is 2. The molecule has 0 aliphatic carbocycles. The molecule has 0 unspecified atom stereocenters. The van der Waals surface area contributed by atoms with E-state index in [0.29, 0.717) is 36.2 Å². The second-order valence-electron chi connectivity index (χ2n) is 4.87. The minimum atomic E-state index is -0.153. The molecule has 2 heterocycles. The van der Waals surface area contributed by atoms with E-state index < -0.39 is 0 Å². The van der Waals surface area contributed by atoms with E-state index in [1.165, 1.54) is 6.07 Å². The second kappa shape index (κ2) is 5.75. The molecule has 6 nitrogen and oxygen atoms in total. The summed E-state index contributed by atoms with van der Waals surface area (Å²) in [6, 6.07) is 8.99. The highest BCUT2D eigenvalue weighted by Crippen LogP contribution is 2.24. The molecule has 7 heteroatoms. The maximum absolute atomic E-state index is 12.4. The topological polar surface area (TPSA) is 84.2 Å². The number of anilines is 1. The van der Waals surface area contributed by atoms with Crippen molar-refractivity contribution < 1.29 is 9.53 Å². The van der Waals surface area contributed by atoms with Gasteiger partial charge in [-0.2, -0.15) is 5.10 Å². The van der Waals surface area contributed by atoms with Crippen molar-refractivity contribution in [3.63, 3.8) is 0 Å². The molecule has 1 saturated heterocycles. The van der Waals surface area contributed by atoms with Crippen LogP contribution < -0.4 is 5.73 Å². The molecule has 0 spiro atoms. The lowest BCUT2D eigenvalue weighted by molar-refractivity contribution is -0.0230. The van der Waals surface area contributed by atoms with Crippen LogP contribution in [0.5, 0.6) is 0 Å². The Morgan fingerprint density at radius 3 is 2.86 bits per heavy atom. The third kappa shape index (κ3) is 3.01. The molecular formula is C14H15ClN4O2. The normalized spacial score (nSPS) is 18.7. The smallest absolute Gasteiger partial charge is 0.272 e.